The molecule has 5 aromatic rings. The van der Waals surface area contributed by atoms with Crippen LogP contribution in [0, 0.1) is 6.92 Å². The normalized spacial score (nSPS) is 11.7. The zero-order chi connectivity index (χ0) is 30.7. The second-order valence-corrected chi connectivity index (χ2v) is 11.5. The number of carbonyl (C=O) groups excluding carboxylic acids is 2. The number of fused-ring (bicyclic) bond motifs is 3. The van der Waals surface area contributed by atoms with Crippen molar-refractivity contribution in [2.45, 2.75) is 19.9 Å². The van der Waals surface area contributed by atoms with Crippen LogP contribution in [-0.4, -0.2) is 90.2 Å². The van der Waals surface area contributed by atoms with Crippen LogP contribution in [-0.2, 0) is 13.0 Å². The zero-order valence-electron chi connectivity index (χ0n) is 25.5. The van der Waals surface area contributed by atoms with E-state index in [2.05, 4.69) is 10.6 Å². The SMILES string of the molecule is Cc1cccc2cc3c(=O)n(CCc4cn(C(=O)NCCN(C)C)c5ccccc45)cc(C(=O)NCCN(C)C)c3nc12. The van der Waals surface area contributed by atoms with Gasteiger partial charge in [0.15, 0.2) is 0 Å². The van der Waals surface area contributed by atoms with Gasteiger partial charge in [0.05, 0.1) is 27.5 Å². The molecule has 10 nitrogen and oxygen atoms in total. The summed E-state index contributed by atoms with van der Waals surface area (Å²) in [5.74, 6) is -0.271. The van der Waals surface area contributed by atoms with Crippen molar-refractivity contribution in [3.63, 3.8) is 0 Å². The molecule has 0 aliphatic heterocycles. The van der Waals surface area contributed by atoms with Crippen molar-refractivity contribution in [3.8, 4) is 0 Å². The molecular weight excluding hydrogens is 542 g/mol. The third-order valence-electron chi connectivity index (χ3n) is 7.64. The number of likely N-dealkylation sites (N-methyl/N-ethyl adjacent to an activating group) is 2. The Hall–Kier alpha value is -4.54. The van der Waals surface area contributed by atoms with Gasteiger partial charge in [0.1, 0.15) is 0 Å². The Morgan fingerprint density at radius 1 is 0.860 bits per heavy atom. The van der Waals surface area contributed by atoms with Gasteiger partial charge in [-0.2, -0.15) is 0 Å². The minimum Gasteiger partial charge on any atom is -0.351 e. The number of para-hydroxylation sites is 2. The van der Waals surface area contributed by atoms with E-state index >= 15 is 0 Å². The molecule has 0 saturated carbocycles. The monoisotopic (exact) mass is 581 g/mol. The number of hydrogen-bond acceptors (Lipinski definition) is 6. The van der Waals surface area contributed by atoms with Crippen LogP contribution in [0.5, 0.6) is 0 Å². The van der Waals surface area contributed by atoms with Gasteiger partial charge in [-0.05, 0) is 64.8 Å². The summed E-state index contributed by atoms with van der Waals surface area (Å²) < 4.78 is 3.22. The van der Waals surface area contributed by atoms with Gasteiger partial charge in [-0.25, -0.2) is 9.78 Å². The number of rotatable bonds is 10. The number of nitrogens with zero attached hydrogens (tertiary/aromatic N) is 5. The summed E-state index contributed by atoms with van der Waals surface area (Å²) in [5, 5.41) is 8.16. The first-order chi connectivity index (χ1) is 20.6. The number of hydrogen-bond donors (Lipinski definition) is 2. The third-order valence-corrected chi connectivity index (χ3v) is 7.64. The van der Waals surface area contributed by atoms with Crippen molar-refractivity contribution in [2.24, 2.45) is 0 Å². The number of carbonyl (C=O) groups is 2. The zero-order valence-corrected chi connectivity index (χ0v) is 25.5. The Balaban J connectivity index is 1.52. The van der Waals surface area contributed by atoms with E-state index in [0.29, 0.717) is 49.1 Å². The number of aryl methyl sites for hydroxylation is 3. The Kier molecular flexibility index (Phi) is 8.89. The Morgan fingerprint density at radius 2 is 1.58 bits per heavy atom. The molecule has 0 bridgehead atoms. The highest BCUT2D eigenvalue weighted by molar-refractivity contribution is 6.07. The molecule has 224 valence electrons. The fourth-order valence-electron chi connectivity index (χ4n) is 5.30. The predicted octanol–water partition coefficient (Wildman–Crippen LogP) is 3.47. The van der Waals surface area contributed by atoms with E-state index in [-0.39, 0.29) is 17.5 Å². The van der Waals surface area contributed by atoms with Crippen LogP contribution < -0.4 is 16.2 Å². The van der Waals surface area contributed by atoms with Gasteiger partial charge in [0.2, 0.25) is 0 Å². The molecule has 0 radical (unpaired) electrons. The lowest BCUT2D eigenvalue weighted by atomic mass is 10.1. The number of aromatic nitrogens is 3. The molecule has 0 unspecified atom stereocenters. The fraction of sp³-hybridized carbons (Fsp3) is 0.333. The summed E-state index contributed by atoms with van der Waals surface area (Å²) in [4.78, 5) is 49.1. The molecule has 2 aromatic carbocycles. The summed E-state index contributed by atoms with van der Waals surface area (Å²) in [6.07, 6.45) is 3.96. The summed E-state index contributed by atoms with van der Waals surface area (Å²) in [5.41, 5.74) is 4.04. The maximum atomic E-state index is 13.8. The van der Waals surface area contributed by atoms with Crippen molar-refractivity contribution in [1.29, 1.82) is 0 Å². The summed E-state index contributed by atoms with van der Waals surface area (Å²) in [6.45, 7) is 4.72. The van der Waals surface area contributed by atoms with Crippen LogP contribution in [0.4, 0.5) is 4.79 Å². The Labute approximate surface area is 250 Å². The lowest BCUT2D eigenvalue weighted by molar-refractivity contribution is 0.0951. The highest BCUT2D eigenvalue weighted by atomic mass is 16.2. The van der Waals surface area contributed by atoms with Gasteiger partial charge in [-0.3, -0.25) is 14.2 Å². The highest BCUT2D eigenvalue weighted by Crippen LogP contribution is 2.24. The van der Waals surface area contributed by atoms with Gasteiger partial charge in [0, 0.05) is 55.9 Å². The maximum Gasteiger partial charge on any atom is 0.326 e. The van der Waals surface area contributed by atoms with Crippen molar-refractivity contribution in [3.05, 3.63) is 88.0 Å². The molecule has 3 aromatic heterocycles. The van der Waals surface area contributed by atoms with E-state index in [1.54, 1.807) is 15.3 Å². The number of pyridine rings is 2. The minimum absolute atomic E-state index is 0.197. The molecule has 0 fully saturated rings. The van der Waals surface area contributed by atoms with Crippen molar-refractivity contribution in [2.75, 3.05) is 54.4 Å². The third kappa shape index (κ3) is 6.45. The van der Waals surface area contributed by atoms with Crippen LogP contribution in [0.2, 0.25) is 0 Å². The van der Waals surface area contributed by atoms with E-state index in [4.69, 9.17) is 4.98 Å². The quantitative estimate of drug-likeness (QED) is 0.245. The van der Waals surface area contributed by atoms with Crippen LogP contribution in [0.3, 0.4) is 0 Å². The van der Waals surface area contributed by atoms with Crippen molar-refractivity contribution in [1.82, 2.24) is 34.6 Å². The van der Waals surface area contributed by atoms with Gasteiger partial charge >= 0.3 is 6.03 Å². The largest absolute Gasteiger partial charge is 0.351 e. The molecule has 2 amide bonds. The van der Waals surface area contributed by atoms with Crippen LogP contribution in [0.15, 0.2) is 65.7 Å². The van der Waals surface area contributed by atoms with E-state index < -0.39 is 0 Å². The average molecular weight is 582 g/mol. The molecule has 0 atom stereocenters. The van der Waals surface area contributed by atoms with Crippen molar-refractivity contribution >= 4 is 44.6 Å². The smallest absolute Gasteiger partial charge is 0.326 e. The molecule has 43 heavy (non-hydrogen) atoms. The molecular formula is C33H39N7O3. The van der Waals surface area contributed by atoms with Gasteiger partial charge in [0.25, 0.3) is 11.5 Å². The first-order valence-electron chi connectivity index (χ1n) is 14.5. The molecule has 3 heterocycles. The van der Waals surface area contributed by atoms with E-state index in [1.165, 1.54) is 0 Å². The van der Waals surface area contributed by atoms with Crippen molar-refractivity contribution < 1.29 is 9.59 Å². The topological polar surface area (TPSA) is 104 Å². The van der Waals surface area contributed by atoms with Crippen LogP contribution in [0.1, 0.15) is 21.5 Å². The standard InChI is InChI=1S/C33H39N7O3/c1-22-9-8-10-23-19-26-30(36-29(22)23)27(31(41)34-14-17-37(2)3)21-39(32(26)42)16-13-24-20-40(28-12-7-6-11-25(24)28)33(43)35-15-18-38(4)5/h6-12,19-21H,13-18H2,1-5H3,(H,34,41)(H,35,43). The summed E-state index contributed by atoms with van der Waals surface area (Å²) in [7, 11) is 7.82. The lowest BCUT2D eigenvalue weighted by Crippen LogP contribution is -2.34. The van der Waals surface area contributed by atoms with Gasteiger partial charge in [-0.1, -0.05) is 36.4 Å². The maximum absolute atomic E-state index is 13.8. The second kappa shape index (κ2) is 12.8. The van der Waals surface area contributed by atoms with Crippen LogP contribution >= 0.6 is 0 Å². The molecule has 0 aliphatic rings. The first-order valence-corrected chi connectivity index (χ1v) is 14.5. The first kappa shape index (κ1) is 29.9. The molecule has 0 spiro atoms. The molecule has 2 N–H and O–H groups in total. The average Bonchev–Trinajstić information content (AvgIpc) is 3.35. The van der Waals surface area contributed by atoms with Crippen LogP contribution in [0.25, 0.3) is 32.7 Å². The number of amides is 2. The highest BCUT2D eigenvalue weighted by Gasteiger charge is 2.19. The minimum atomic E-state index is -0.271. The van der Waals surface area contributed by atoms with E-state index in [0.717, 1.165) is 39.5 Å². The lowest BCUT2D eigenvalue weighted by Gasteiger charge is -2.14. The fourth-order valence-corrected chi connectivity index (χ4v) is 5.30. The van der Waals surface area contributed by atoms with Gasteiger partial charge < -0.3 is 25.0 Å². The predicted molar refractivity (Wildman–Crippen MR) is 172 cm³/mol. The molecule has 0 saturated heterocycles. The summed E-state index contributed by atoms with van der Waals surface area (Å²) in [6, 6.07) is 15.2. The number of nitrogens with one attached hydrogen (secondary N) is 2. The van der Waals surface area contributed by atoms with Gasteiger partial charge in [-0.15, -0.1) is 0 Å². The Bertz CT molecular complexity index is 1870. The summed E-state index contributed by atoms with van der Waals surface area (Å²) >= 11 is 0. The van der Waals surface area contributed by atoms with E-state index in [9.17, 15) is 14.4 Å². The molecule has 10 heteroatoms. The second-order valence-electron chi connectivity index (χ2n) is 11.5. The Morgan fingerprint density at radius 3 is 2.33 bits per heavy atom. The molecule has 0 aliphatic carbocycles. The number of benzene rings is 2. The van der Waals surface area contributed by atoms with E-state index in [1.807, 2.05) is 99.6 Å². The molecule has 5 rings (SSSR count).